The van der Waals surface area contributed by atoms with Crippen molar-refractivity contribution in [2.45, 2.75) is 6.54 Å². The zero-order valence-corrected chi connectivity index (χ0v) is 17.7. The molecule has 5 rings (SSSR count). The molecule has 10 nitrogen and oxygen atoms in total. The number of rotatable bonds is 5. The molecule has 168 valence electrons. The van der Waals surface area contributed by atoms with Crippen LogP contribution in [0, 0.1) is 0 Å². The molecule has 2 aromatic carbocycles. The Morgan fingerprint density at radius 1 is 1.15 bits per heavy atom. The van der Waals surface area contributed by atoms with E-state index in [1.165, 1.54) is 0 Å². The van der Waals surface area contributed by atoms with Gasteiger partial charge in [-0.05, 0) is 23.8 Å². The summed E-state index contributed by atoms with van der Waals surface area (Å²) < 4.78 is 7.08. The van der Waals surface area contributed by atoms with Crippen molar-refractivity contribution in [1.29, 1.82) is 0 Å². The van der Waals surface area contributed by atoms with Gasteiger partial charge >= 0.3 is 0 Å². The van der Waals surface area contributed by atoms with Gasteiger partial charge in [-0.1, -0.05) is 24.3 Å². The Morgan fingerprint density at radius 3 is 2.70 bits per heavy atom. The van der Waals surface area contributed by atoms with Gasteiger partial charge in [0.1, 0.15) is 0 Å². The highest BCUT2D eigenvalue weighted by atomic mass is 16.5. The molecule has 4 aromatic rings. The molecular weight excluding hydrogens is 424 g/mol. The first-order valence-electron chi connectivity index (χ1n) is 10.5. The summed E-state index contributed by atoms with van der Waals surface area (Å²) in [6, 6.07) is 12.5. The van der Waals surface area contributed by atoms with Crippen LogP contribution in [0.5, 0.6) is 0 Å². The molecule has 1 amide bonds. The van der Waals surface area contributed by atoms with E-state index in [1.807, 2.05) is 23.1 Å². The number of anilines is 1. The van der Waals surface area contributed by atoms with Crippen molar-refractivity contribution < 1.29 is 14.7 Å². The number of nitrogens with zero attached hydrogens (tertiary/aromatic N) is 4. The van der Waals surface area contributed by atoms with Gasteiger partial charge in [0.2, 0.25) is 0 Å². The van der Waals surface area contributed by atoms with E-state index in [9.17, 15) is 9.59 Å². The third kappa shape index (κ3) is 4.09. The third-order valence-electron chi connectivity index (χ3n) is 5.70. The fourth-order valence-corrected chi connectivity index (χ4v) is 3.97. The number of fused-ring (bicyclic) bond motifs is 1. The minimum Gasteiger partial charge on any atom is -0.378 e. The summed E-state index contributed by atoms with van der Waals surface area (Å²) >= 11 is 0. The van der Waals surface area contributed by atoms with Crippen molar-refractivity contribution in [1.82, 2.24) is 25.2 Å². The van der Waals surface area contributed by atoms with Gasteiger partial charge in [-0.25, -0.2) is 10.5 Å². The number of H-pyrrole nitrogens is 1. The van der Waals surface area contributed by atoms with Crippen LogP contribution in [0.15, 0.2) is 59.7 Å². The SMILES string of the molecule is O=C(NO)c1ccc(Cn2cc(-c3cccc4[nH]ncc34)nc(N3CCOCC3)c2=O)cc1. The minimum atomic E-state index is -0.590. The molecule has 1 aliphatic rings. The van der Waals surface area contributed by atoms with Crippen molar-refractivity contribution in [2.75, 3.05) is 31.2 Å². The standard InChI is InChI=1S/C23H22N6O4/c30-22(27-32)16-6-4-15(5-7-16)13-29-14-20(17-2-1-3-19-18(17)12-24-26-19)25-21(23(29)31)28-8-10-33-11-9-28/h1-7,12,14,32H,8-11,13H2,(H,24,26)(H,27,30). The van der Waals surface area contributed by atoms with Gasteiger partial charge in [0, 0.05) is 35.8 Å². The largest absolute Gasteiger partial charge is 0.378 e. The van der Waals surface area contributed by atoms with Crippen LogP contribution in [0.3, 0.4) is 0 Å². The van der Waals surface area contributed by atoms with E-state index in [0.29, 0.717) is 49.9 Å². The van der Waals surface area contributed by atoms with Crippen LogP contribution >= 0.6 is 0 Å². The number of hydroxylamine groups is 1. The van der Waals surface area contributed by atoms with Crippen LogP contribution in [0.4, 0.5) is 5.82 Å². The van der Waals surface area contributed by atoms with Gasteiger partial charge < -0.3 is 14.2 Å². The van der Waals surface area contributed by atoms with Crippen molar-refractivity contribution in [3.8, 4) is 11.3 Å². The molecule has 3 heterocycles. The zero-order chi connectivity index (χ0) is 22.8. The Balaban J connectivity index is 1.59. The molecule has 3 N–H and O–H groups in total. The second-order valence-corrected chi connectivity index (χ2v) is 7.76. The number of carbonyl (C=O) groups excluding carboxylic acids is 1. The molecule has 33 heavy (non-hydrogen) atoms. The molecule has 1 aliphatic heterocycles. The maximum atomic E-state index is 13.4. The summed E-state index contributed by atoms with van der Waals surface area (Å²) in [6.45, 7) is 2.56. The Bertz CT molecular complexity index is 1360. The summed E-state index contributed by atoms with van der Waals surface area (Å²) in [5, 5.41) is 16.8. The summed E-state index contributed by atoms with van der Waals surface area (Å²) in [5.41, 5.74) is 5.00. The van der Waals surface area contributed by atoms with E-state index in [-0.39, 0.29) is 5.56 Å². The lowest BCUT2D eigenvalue weighted by molar-refractivity contribution is 0.0706. The summed E-state index contributed by atoms with van der Waals surface area (Å²) in [4.78, 5) is 31.7. The van der Waals surface area contributed by atoms with E-state index < -0.39 is 5.91 Å². The summed E-state index contributed by atoms with van der Waals surface area (Å²) in [5.74, 6) is -0.208. The number of ether oxygens (including phenoxy) is 1. The summed E-state index contributed by atoms with van der Waals surface area (Å²) in [6.07, 6.45) is 3.50. The molecule has 1 fully saturated rings. The van der Waals surface area contributed by atoms with Crippen molar-refractivity contribution in [3.05, 3.63) is 76.3 Å². The topological polar surface area (TPSA) is 125 Å². The van der Waals surface area contributed by atoms with E-state index in [4.69, 9.17) is 14.9 Å². The average molecular weight is 446 g/mol. The Labute approximate surface area is 188 Å². The van der Waals surface area contributed by atoms with Crippen molar-refractivity contribution in [2.24, 2.45) is 0 Å². The molecule has 0 bridgehead atoms. The predicted molar refractivity (Wildman–Crippen MR) is 121 cm³/mol. The molecule has 1 saturated heterocycles. The normalized spacial score (nSPS) is 13.9. The van der Waals surface area contributed by atoms with Crippen molar-refractivity contribution in [3.63, 3.8) is 0 Å². The van der Waals surface area contributed by atoms with Crippen LogP contribution in [0.2, 0.25) is 0 Å². The molecule has 10 heteroatoms. The smallest absolute Gasteiger partial charge is 0.293 e. The van der Waals surface area contributed by atoms with E-state index in [1.54, 1.807) is 46.7 Å². The van der Waals surface area contributed by atoms with Crippen LogP contribution < -0.4 is 15.9 Å². The van der Waals surface area contributed by atoms with Gasteiger partial charge in [0.15, 0.2) is 5.82 Å². The third-order valence-corrected chi connectivity index (χ3v) is 5.70. The molecule has 0 unspecified atom stereocenters. The van der Waals surface area contributed by atoms with Crippen LogP contribution in [-0.4, -0.2) is 57.2 Å². The molecular formula is C23H22N6O4. The highest BCUT2D eigenvalue weighted by Crippen LogP contribution is 2.27. The highest BCUT2D eigenvalue weighted by molar-refractivity contribution is 5.94. The fraction of sp³-hybridized carbons (Fsp3) is 0.217. The quantitative estimate of drug-likeness (QED) is 0.315. The molecule has 0 spiro atoms. The van der Waals surface area contributed by atoms with Gasteiger partial charge in [-0.2, -0.15) is 5.10 Å². The molecule has 0 atom stereocenters. The second kappa shape index (κ2) is 8.85. The molecule has 0 radical (unpaired) electrons. The first-order chi connectivity index (χ1) is 16.1. The number of aromatic nitrogens is 4. The first-order valence-corrected chi connectivity index (χ1v) is 10.5. The monoisotopic (exact) mass is 446 g/mol. The Kier molecular flexibility index (Phi) is 5.59. The van der Waals surface area contributed by atoms with E-state index in [2.05, 4.69) is 10.2 Å². The van der Waals surface area contributed by atoms with E-state index >= 15 is 0 Å². The lowest BCUT2D eigenvalue weighted by Crippen LogP contribution is -2.41. The number of nitrogens with one attached hydrogen (secondary N) is 2. The summed E-state index contributed by atoms with van der Waals surface area (Å²) in [7, 11) is 0. The lowest BCUT2D eigenvalue weighted by atomic mass is 10.1. The highest BCUT2D eigenvalue weighted by Gasteiger charge is 2.20. The fourth-order valence-electron chi connectivity index (χ4n) is 3.97. The van der Waals surface area contributed by atoms with Crippen LogP contribution in [-0.2, 0) is 11.3 Å². The lowest BCUT2D eigenvalue weighted by Gasteiger charge is -2.28. The minimum absolute atomic E-state index is 0.197. The number of hydrogen-bond donors (Lipinski definition) is 3. The molecule has 2 aromatic heterocycles. The number of benzene rings is 2. The maximum absolute atomic E-state index is 13.4. The van der Waals surface area contributed by atoms with E-state index in [0.717, 1.165) is 22.0 Å². The maximum Gasteiger partial charge on any atom is 0.293 e. The number of hydrogen-bond acceptors (Lipinski definition) is 7. The van der Waals surface area contributed by atoms with Gasteiger partial charge in [-0.3, -0.25) is 19.9 Å². The first kappa shape index (κ1) is 20.9. The van der Waals surface area contributed by atoms with Gasteiger partial charge in [-0.15, -0.1) is 0 Å². The number of carbonyl (C=O) groups is 1. The average Bonchev–Trinajstić information content (AvgIpc) is 3.35. The predicted octanol–water partition coefficient (Wildman–Crippen LogP) is 1.79. The van der Waals surface area contributed by atoms with Gasteiger partial charge in [0.05, 0.1) is 37.2 Å². The van der Waals surface area contributed by atoms with Crippen LogP contribution in [0.25, 0.3) is 22.2 Å². The Morgan fingerprint density at radius 2 is 1.94 bits per heavy atom. The Hall–Kier alpha value is -4.02. The van der Waals surface area contributed by atoms with Crippen molar-refractivity contribution >= 4 is 22.6 Å². The molecule has 0 saturated carbocycles. The zero-order valence-electron chi connectivity index (χ0n) is 17.7. The van der Waals surface area contributed by atoms with Gasteiger partial charge in [0.25, 0.3) is 11.5 Å². The number of morpholine rings is 1. The molecule has 0 aliphatic carbocycles. The number of aromatic amines is 1. The van der Waals surface area contributed by atoms with Crippen LogP contribution in [0.1, 0.15) is 15.9 Å². The second-order valence-electron chi connectivity index (χ2n) is 7.76. The number of amides is 1.